The molecule has 0 atom stereocenters. The number of hydrogen-bond acceptors (Lipinski definition) is 3. The molecule has 0 amide bonds. The molecule has 0 aliphatic rings. The Bertz CT molecular complexity index is 2490. The van der Waals surface area contributed by atoms with Crippen LogP contribution in [-0.4, -0.2) is 12.6 Å². The SMILES string of the molecule is N#Cc1ccc(-c2ccc(-n3c4ccc(C#N)cc4c4cc(C#N)ccc43)cc2)c([Si](c2ccccc2)(c2ccccc2)c2ccccc2)c1. The second-order valence-corrected chi connectivity index (χ2v) is 16.1. The van der Waals surface area contributed by atoms with Crippen LogP contribution in [0, 0.1) is 34.0 Å². The molecule has 0 bridgehead atoms. The zero-order valence-electron chi connectivity index (χ0n) is 27.0. The van der Waals surface area contributed by atoms with Gasteiger partial charge in [-0.1, -0.05) is 109 Å². The van der Waals surface area contributed by atoms with E-state index in [9.17, 15) is 15.8 Å². The zero-order valence-corrected chi connectivity index (χ0v) is 28.0. The molecular formula is C45H28N4Si. The van der Waals surface area contributed by atoms with E-state index in [2.05, 4.69) is 150 Å². The Balaban J connectivity index is 1.38. The Hall–Kier alpha value is -6.97. The molecule has 1 heterocycles. The molecule has 50 heavy (non-hydrogen) atoms. The standard InChI is InChI=1S/C45H28N4Si/c46-29-32-17-24-43-41(26-32)42-27-33(30-47)18-25-44(42)49(43)36-21-19-35(20-22-36)40-23-16-34(31-48)28-45(40)50(37-10-4-1-5-11-37,38-12-6-2-7-13-38)39-14-8-3-9-15-39/h1-28H. The zero-order chi connectivity index (χ0) is 34.1. The lowest BCUT2D eigenvalue weighted by Crippen LogP contribution is -2.75. The maximum Gasteiger partial charge on any atom is 0.180 e. The van der Waals surface area contributed by atoms with Crippen molar-refractivity contribution in [1.82, 2.24) is 4.57 Å². The molecular weight excluding hydrogens is 625 g/mol. The van der Waals surface area contributed by atoms with E-state index >= 15 is 0 Å². The Kier molecular flexibility index (Phi) is 7.63. The Morgan fingerprint density at radius 3 is 1.28 bits per heavy atom. The predicted molar refractivity (Wildman–Crippen MR) is 204 cm³/mol. The lowest BCUT2D eigenvalue weighted by atomic mass is 10.0. The summed E-state index contributed by atoms with van der Waals surface area (Å²) in [5, 5.41) is 36.2. The fourth-order valence-corrected chi connectivity index (χ4v) is 12.5. The van der Waals surface area contributed by atoms with Crippen LogP contribution in [0.25, 0.3) is 38.6 Å². The van der Waals surface area contributed by atoms with Crippen LogP contribution in [0.4, 0.5) is 0 Å². The maximum absolute atomic E-state index is 10.2. The number of rotatable bonds is 6. The molecule has 0 saturated carbocycles. The maximum atomic E-state index is 10.2. The quantitative estimate of drug-likeness (QED) is 0.138. The molecule has 0 aliphatic carbocycles. The summed E-state index contributed by atoms with van der Waals surface area (Å²) in [7, 11) is -2.94. The summed E-state index contributed by atoms with van der Waals surface area (Å²) in [4.78, 5) is 0. The number of fused-ring (bicyclic) bond motifs is 3. The summed E-state index contributed by atoms with van der Waals surface area (Å²) < 4.78 is 2.19. The normalized spacial score (nSPS) is 11.1. The van der Waals surface area contributed by atoms with E-state index in [1.807, 2.05) is 42.5 Å². The highest BCUT2D eigenvalue weighted by atomic mass is 28.3. The van der Waals surface area contributed by atoms with Crippen molar-refractivity contribution in [1.29, 1.82) is 15.8 Å². The van der Waals surface area contributed by atoms with Gasteiger partial charge >= 0.3 is 0 Å². The number of nitriles is 3. The summed E-state index contributed by atoms with van der Waals surface area (Å²) in [5.74, 6) is 0. The van der Waals surface area contributed by atoms with Crippen molar-refractivity contribution in [3.05, 3.63) is 187 Å². The van der Waals surface area contributed by atoms with Crippen LogP contribution in [0.5, 0.6) is 0 Å². The Labute approximate surface area is 291 Å². The molecule has 7 aromatic carbocycles. The van der Waals surface area contributed by atoms with Crippen LogP contribution in [0.1, 0.15) is 16.7 Å². The largest absolute Gasteiger partial charge is 0.309 e. The lowest BCUT2D eigenvalue weighted by Gasteiger charge is -2.36. The molecule has 232 valence electrons. The third-order valence-electron chi connectivity index (χ3n) is 9.63. The molecule has 1 aromatic heterocycles. The van der Waals surface area contributed by atoms with Gasteiger partial charge in [0.05, 0.1) is 45.9 Å². The van der Waals surface area contributed by atoms with Crippen molar-refractivity contribution in [2.24, 2.45) is 0 Å². The van der Waals surface area contributed by atoms with Crippen molar-refractivity contribution in [2.45, 2.75) is 0 Å². The monoisotopic (exact) mass is 652 g/mol. The van der Waals surface area contributed by atoms with E-state index in [-0.39, 0.29) is 0 Å². The first-order chi connectivity index (χ1) is 24.6. The fraction of sp³-hybridized carbons (Fsp3) is 0. The van der Waals surface area contributed by atoms with Crippen LogP contribution in [0.2, 0.25) is 0 Å². The molecule has 0 spiro atoms. The summed E-state index contributed by atoms with van der Waals surface area (Å²) in [5.41, 5.74) is 6.80. The van der Waals surface area contributed by atoms with Crippen LogP contribution in [-0.2, 0) is 0 Å². The molecule has 0 saturated heterocycles. The first-order valence-electron chi connectivity index (χ1n) is 16.4. The van der Waals surface area contributed by atoms with Crippen LogP contribution < -0.4 is 20.7 Å². The third-order valence-corrected chi connectivity index (χ3v) is 14.5. The third kappa shape index (κ3) is 4.88. The van der Waals surface area contributed by atoms with Gasteiger partial charge < -0.3 is 4.57 Å². The molecule has 0 radical (unpaired) electrons. The average molecular weight is 653 g/mol. The van der Waals surface area contributed by atoms with E-state index in [0.717, 1.165) is 43.8 Å². The second-order valence-electron chi connectivity index (χ2n) is 12.3. The van der Waals surface area contributed by atoms with Gasteiger partial charge in [-0.2, -0.15) is 15.8 Å². The topological polar surface area (TPSA) is 76.3 Å². The van der Waals surface area contributed by atoms with Crippen molar-refractivity contribution in [2.75, 3.05) is 0 Å². The molecule has 0 fully saturated rings. The Morgan fingerprint density at radius 2 is 0.840 bits per heavy atom. The summed E-state index contributed by atoms with van der Waals surface area (Å²) in [6.45, 7) is 0. The lowest BCUT2D eigenvalue weighted by molar-refractivity contribution is 1.18. The van der Waals surface area contributed by atoms with Crippen molar-refractivity contribution in [3.8, 4) is 35.0 Å². The Morgan fingerprint density at radius 1 is 0.420 bits per heavy atom. The van der Waals surface area contributed by atoms with Crippen molar-refractivity contribution < 1.29 is 0 Å². The van der Waals surface area contributed by atoms with Gasteiger partial charge in [0.15, 0.2) is 8.07 Å². The predicted octanol–water partition coefficient (Wildman–Crippen LogP) is 7.44. The van der Waals surface area contributed by atoms with Gasteiger partial charge in [-0.15, -0.1) is 0 Å². The van der Waals surface area contributed by atoms with Crippen LogP contribution >= 0.6 is 0 Å². The number of benzene rings is 7. The fourth-order valence-electron chi connectivity index (χ4n) is 7.44. The molecule has 0 unspecified atom stereocenters. The summed E-state index contributed by atoms with van der Waals surface area (Å²) in [6.07, 6.45) is 0. The van der Waals surface area contributed by atoms with Gasteiger partial charge in [0, 0.05) is 16.5 Å². The minimum Gasteiger partial charge on any atom is -0.309 e. The smallest absolute Gasteiger partial charge is 0.180 e. The van der Waals surface area contributed by atoms with E-state index in [4.69, 9.17) is 0 Å². The van der Waals surface area contributed by atoms with E-state index in [1.165, 1.54) is 15.6 Å². The summed E-state index contributed by atoms with van der Waals surface area (Å²) in [6, 6.07) is 65.3. The molecule has 4 nitrogen and oxygen atoms in total. The van der Waals surface area contributed by atoms with E-state index in [0.29, 0.717) is 16.7 Å². The van der Waals surface area contributed by atoms with Gasteiger partial charge in [-0.05, 0) is 92.5 Å². The second kappa shape index (κ2) is 12.6. The summed E-state index contributed by atoms with van der Waals surface area (Å²) >= 11 is 0. The van der Waals surface area contributed by atoms with Crippen molar-refractivity contribution >= 4 is 50.6 Å². The number of nitrogens with zero attached hydrogens (tertiary/aromatic N) is 4. The molecule has 0 aliphatic heterocycles. The van der Waals surface area contributed by atoms with Crippen molar-refractivity contribution in [3.63, 3.8) is 0 Å². The number of hydrogen-bond donors (Lipinski definition) is 0. The van der Waals surface area contributed by atoms with Gasteiger partial charge in [-0.3, -0.25) is 0 Å². The highest BCUT2D eigenvalue weighted by molar-refractivity contribution is 7.20. The minimum absolute atomic E-state index is 0.575. The first-order valence-corrected chi connectivity index (χ1v) is 18.4. The van der Waals surface area contributed by atoms with Crippen LogP contribution in [0.15, 0.2) is 170 Å². The first kappa shape index (κ1) is 30.4. The van der Waals surface area contributed by atoms with Gasteiger partial charge in [0.25, 0.3) is 0 Å². The molecule has 8 aromatic rings. The molecule has 8 rings (SSSR count). The highest BCUT2D eigenvalue weighted by Gasteiger charge is 2.43. The number of aromatic nitrogens is 1. The molecule has 0 N–H and O–H groups in total. The van der Waals surface area contributed by atoms with Gasteiger partial charge in [-0.25, -0.2) is 0 Å². The van der Waals surface area contributed by atoms with E-state index in [1.54, 1.807) is 0 Å². The average Bonchev–Trinajstić information content (AvgIpc) is 3.52. The molecule has 5 heteroatoms. The van der Waals surface area contributed by atoms with Gasteiger partial charge in [0.1, 0.15) is 0 Å². The minimum atomic E-state index is -2.94. The van der Waals surface area contributed by atoms with E-state index < -0.39 is 8.07 Å². The van der Waals surface area contributed by atoms with Gasteiger partial charge in [0.2, 0.25) is 0 Å². The highest BCUT2D eigenvalue weighted by Crippen LogP contribution is 2.34. The van der Waals surface area contributed by atoms with Crippen LogP contribution in [0.3, 0.4) is 0 Å².